The number of nitrogens with zero attached hydrogens (tertiary/aromatic N) is 1. The summed E-state index contributed by atoms with van der Waals surface area (Å²) >= 11 is 0. The molecule has 0 saturated heterocycles. The lowest BCUT2D eigenvalue weighted by Gasteiger charge is -2.14. The van der Waals surface area contributed by atoms with Crippen LogP contribution in [0.3, 0.4) is 0 Å². The summed E-state index contributed by atoms with van der Waals surface area (Å²) in [5, 5.41) is 12.5. The third-order valence-corrected chi connectivity index (χ3v) is 4.23. The van der Waals surface area contributed by atoms with Crippen LogP contribution in [0.2, 0.25) is 0 Å². The van der Waals surface area contributed by atoms with Crippen LogP contribution in [-0.2, 0) is 0 Å². The zero-order chi connectivity index (χ0) is 18.7. The molecule has 0 radical (unpaired) electrons. The van der Waals surface area contributed by atoms with Gasteiger partial charge in [0.2, 0.25) is 0 Å². The van der Waals surface area contributed by atoms with Gasteiger partial charge in [-0.3, -0.25) is 4.79 Å². The summed E-state index contributed by atoms with van der Waals surface area (Å²) in [7, 11) is 1.77. The minimum absolute atomic E-state index is 0.0229. The highest BCUT2D eigenvalue weighted by Crippen LogP contribution is 2.31. The van der Waals surface area contributed by atoms with E-state index in [9.17, 15) is 14.9 Å². The lowest BCUT2D eigenvalue weighted by molar-refractivity contribution is 0.0732. The number of nitrogens with one attached hydrogen (secondary N) is 1. The highest BCUT2D eigenvalue weighted by molar-refractivity contribution is 6.00. The van der Waals surface area contributed by atoms with Crippen molar-refractivity contribution in [1.82, 2.24) is 0 Å². The molecule has 25 heavy (non-hydrogen) atoms. The van der Waals surface area contributed by atoms with E-state index < -0.39 is 5.97 Å². The van der Waals surface area contributed by atoms with Crippen molar-refractivity contribution in [3.8, 4) is 11.8 Å². The molecule has 0 aliphatic carbocycles. The highest BCUT2D eigenvalue weighted by Gasteiger charge is 2.21. The van der Waals surface area contributed by atoms with Crippen molar-refractivity contribution < 1.29 is 14.3 Å². The smallest absolute Gasteiger partial charge is 0.343 e. The van der Waals surface area contributed by atoms with Crippen LogP contribution >= 0.6 is 0 Å². The summed E-state index contributed by atoms with van der Waals surface area (Å²) in [5.41, 5.74) is 4.07. The molecule has 2 aromatic rings. The lowest BCUT2D eigenvalue weighted by atomic mass is 9.97. The Kier molecular flexibility index (Phi) is 5.23. The Hall–Kier alpha value is -3.13. The van der Waals surface area contributed by atoms with Gasteiger partial charge < -0.3 is 10.1 Å². The average molecular weight is 336 g/mol. The number of Topliss-reactive ketones (excluding diaryl/α,β-unsaturated/α-hetero) is 1. The Bertz CT molecular complexity index is 908. The number of hydrogen-bond donors (Lipinski definition) is 1. The third-order valence-electron chi connectivity index (χ3n) is 4.23. The molecular weight excluding hydrogens is 316 g/mol. The molecule has 0 spiro atoms. The fourth-order valence-electron chi connectivity index (χ4n) is 2.56. The standard InChI is InChI=1S/C20H20N2O3/c1-11-6-7-15(9-18(11)22-5)20(24)25-19-16(14(4)23)8-12(2)13(3)17(19)10-21/h6-9,22H,1-5H3. The van der Waals surface area contributed by atoms with Gasteiger partial charge in [-0.05, 0) is 62.6 Å². The first-order valence-electron chi connectivity index (χ1n) is 7.86. The first-order chi connectivity index (χ1) is 11.8. The van der Waals surface area contributed by atoms with Crippen LogP contribution in [0, 0.1) is 32.1 Å². The van der Waals surface area contributed by atoms with Crippen LogP contribution in [0.4, 0.5) is 5.69 Å². The summed E-state index contributed by atoms with van der Waals surface area (Å²) in [4.78, 5) is 24.5. The van der Waals surface area contributed by atoms with Crippen LogP contribution in [0.15, 0.2) is 24.3 Å². The summed E-state index contributed by atoms with van der Waals surface area (Å²) in [5.74, 6) is -0.851. The van der Waals surface area contributed by atoms with Gasteiger partial charge in [0, 0.05) is 12.7 Å². The molecule has 5 heteroatoms. The van der Waals surface area contributed by atoms with Gasteiger partial charge in [0.1, 0.15) is 6.07 Å². The van der Waals surface area contributed by atoms with E-state index in [1.54, 1.807) is 38.2 Å². The fourth-order valence-corrected chi connectivity index (χ4v) is 2.56. The molecule has 0 aromatic heterocycles. The molecule has 0 fully saturated rings. The quantitative estimate of drug-likeness (QED) is 0.519. The predicted molar refractivity (Wildman–Crippen MR) is 96.3 cm³/mol. The highest BCUT2D eigenvalue weighted by atomic mass is 16.5. The predicted octanol–water partition coefficient (Wildman–Crippen LogP) is 3.95. The number of esters is 1. The number of hydrogen-bond acceptors (Lipinski definition) is 5. The second-order valence-electron chi connectivity index (χ2n) is 5.91. The van der Waals surface area contributed by atoms with Crippen molar-refractivity contribution in [2.24, 2.45) is 0 Å². The van der Waals surface area contributed by atoms with Crippen LogP contribution in [0.5, 0.6) is 5.75 Å². The molecule has 2 rings (SSSR count). The number of carbonyl (C=O) groups is 2. The Morgan fingerprint density at radius 3 is 2.36 bits per heavy atom. The minimum atomic E-state index is -0.612. The van der Waals surface area contributed by atoms with Crippen LogP contribution < -0.4 is 10.1 Å². The zero-order valence-corrected chi connectivity index (χ0v) is 15.0. The SMILES string of the molecule is CNc1cc(C(=O)Oc2c(C(C)=O)cc(C)c(C)c2C#N)ccc1C. The largest absolute Gasteiger partial charge is 0.421 e. The van der Waals surface area contributed by atoms with Crippen LogP contribution in [-0.4, -0.2) is 18.8 Å². The number of aryl methyl sites for hydroxylation is 2. The summed E-state index contributed by atoms with van der Waals surface area (Å²) in [6.07, 6.45) is 0. The normalized spacial score (nSPS) is 10.1. The van der Waals surface area contributed by atoms with Gasteiger partial charge in [-0.25, -0.2) is 4.79 Å². The first-order valence-corrected chi connectivity index (χ1v) is 7.86. The molecule has 0 bridgehead atoms. The number of carbonyl (C=O) groups excluding carboxylic acids is 2. The molecular formula is C20H20N2O3. The molecule has 0 amide bonds. The number of nitriles is 1. The number of anilines is 1. The van der Waals surface area contributed by atoms with Crippen molar-refractivity contribution in [2.45, 2.75) is 27.7 Å². The Morgan fingerprint density at radius 2 is 1.80 bits per heavy atom. The van der Waals surface area contributed by atoms with E-state index in [4.69, 9.17) is 4.74 Å². The second-order valence-corrected chi connectivity index (χ2v) is 5.91. The summed E-state index contributed by atoms with van der Waals surface area (Å²) in [6.45, 7) is 6.88. The number of benzene rings is 2. The maximum absolute atomic E-state index is 12.6. The number of ether oxygens (including phenoxy) is 1. The Labute approximate surface area is 147 Å². The van der Waals surface area contributed by atoms with Crippen LogP contribution in [0.25, 0.3) is 0 Å². The van der Waals surface area contributed by atoms with E-state index in [-0.39, 0.29) is 22.7 Å². The average Bonchev–Trinajstić information content (AvgIpc) is 2.58. The third kappa shape index (κ3) is 3.53. The van der Waals surface area contributed by atoms with Gasteiger partial charge in [0.25, 0.3) is 0 Å². The van der Waals surface area contributed by atoms with Crippen molar-refractivity contribution in [3.63, 3.8) is 0 Å². The molecule has 0 unspecified atom stereocenters. The van der Waals surface area contributed by atoms with Gasteiger partial charge in [-0.2, -0.15) is 5.26 Å². The van der Waals surface area contributed by atoms with Crippen molar-refractivity contribution in [3.05, 3.63) is 57.6 Å². The monoisotopic (exact) mass is 336 g/mol. The minimum Gasteiger partial charge on any atom is -0.421 e. The molecule has 0 aliphatic heterocycles. The molecule has 0 saturated carbocycles. The molecule has 0 aliphatic rings. The topological polar surface area (TPSA) is 79.2 Å². The molecule has 5 nitrogen and oxygen atoms in total. The van der Waals surface area contributed by atoms with E-state index in [0.29, 0.717) is 11.1 Å². The number of rotatable bonds is 4. The summed E-state index contributed by atoms with van der Waals surface area (Å²) < 4.78 is 5.48. The second kappa shape index (κ2) is 7.18. The van der Waals surface area contributed by atoms with Gasteiger partial charge in [-0.1, -0.05) is 6.07 Å². The van der Waals surface area contributed by atoms with Crippen molar-refractivity contribution in [1.29, 1.82) is 5.26 Å². The van der Waals surface area contributed by atoms with E-state index in [0.717, 1.165) is 16.8 Å². The zero-order valence-electron chi connectivity index (χ0n) is 15.0. The first kappa shape index (κ1) is 18.2. The van der Waals surface area contributed by atoms with E-state index in [1.165, 1.54) is 6.92 Å². The maximum atomic E-state index is 12.6. The lowest BCUT2D eigenvalue weighted by Crippen LogP contribution is -2.14. The van der Waals surface area contributed by atoms with Crippen molar-refractivity contribution in [2.75, 3.05) is 12.4 Å². The van der Waals surface area contributed by atoms with Gasteiger partial charge >= 0.3 is 5.97 Å². The van der Waals surface area contributed by atoms with Gasteiger partial charge in [0.15, 0.2) is 11.5 Å². The Balaban J connectivity index is 2.53. The molecule has 0 heterocycles. The molecule has 1 N–H and O–H groups in total. The molecule has 0 atom stereocenters. The van der Waals surface area contributed by atoms with Gasteiger partial charge in [-0.15, -0.1) is 0 Å². The maximum Gasteiger partial charge on any atom is 0.343 e. The summed E-state index contributed by atoms with van der Waals surface area (Å²) in [6, 6.07) is 8.83. The molecule has 128 valence electrons. The van der Waals surface area contributed by atoms with Gasteiger partial charge in [0.05, 0.1) is 16.7 Å². The van der Waals surface area contributed by atoms with Crippen LogP contribution in [0.1, 0.15) is 49.9 Å². The molecule has 2 aromatic carbocycles. The van der Waals surface area contributed by atoms with E-state index in [1.807, 2.05) is 19.9 Å². The van der Waals surface area contributed by atoms with E-state index in [2.05, 4.69) is 5.32 Å². The Morgan fingerprint density at radius 1 is 1.12 bits per heavy atom. The van der Waals surface area contributed by atoms with Crippen molar-refractivity contribution >= 4 is 17.4 Å². The number of ketones is 1. The fraction of sp³-hybridized carbons (Fsp3) is 0.250. The van der Waals surface area contributed by atoms with E-state index >= 15 is 0 Å².